The maximum Gasteiger partial charge on any atom is 0.257 e. The van der Waals surface area contributed by atoms with Crippen LogP contribution in [0.15, 0.2) is 12.1 Å². The summed E-state index contributed by atoms with van der Waals surface area (Å²) in [5.41, 5.74) is -0.348. The average molecular weight is 410 g/mol. The number of benzene rings is 1. The van der Waals surface area contributed by atoms with Crippen LogP contribution in [0.1, 0.15) is 24.2 Å². The molecular formula is C14H17ClINO3. The lowest BCUT2D eigenvalue weighted by molar-refractivity contribution is -0.110. The zero-order valence-corrected chi connectivity index (χ0v) is 14.5. The lowest BCUT2D eigenvalue weighted by Gasteiger charge is -2.49. The Hall–Kier alpha value is -0.530. The van der Waals surface area contributed by atoms with Crippen LogP contribution in [0.25, 0.3) is 0 Å². The zero-order chi connectivity index (χ0) is 15.1. The molecule has 6 heteroatoms. The van der Waals surface area contributed by atoms with Crippen LogP contribution in [-0.4, -0.2) is 41.7 Å². The van der Waals surface area contributed by atoms with Gasteiger partial charge in [-0.2, -0.15) is 0 Å². The Balaban J connectivity index is 2.21. The van der Waals surface area contributed by atoms with Gasteiger partial charge in [0.1, 0.15) is 11.4 Å². The van der Waals surface area contributed by atoms with Crippen LogP contribution in [0.3, 0.4) is 0 Å². The number of ether oxygens (including phenoxy) is 1. The highest BCUT2D eigenvalue weighted by molar-refractivity contribution is 14.1. The van der Waals surface area contributed by atoms with E-state index in [1.807, 2.05) is 13.8 Å². The molecule has 1 aliphatic heterocycles. The summed E-state index contributed by atoms with van der Waals surface area (Å²) in [6.07, 6.45) is 0. The molecule has 2 rings (SSSR count). The number of carbonyl (C=O) groups excluding carboxylic acids is 1. The number of amides is 1. The maximum atomic E-state index is 12.5. The van der Waals surface area contributed by atoms with Crippen LogP contribution in [0.2, 0.25) is 5.02 Å². The van der Waals surface area contributed by atoms with E-state index in [4.69, 9.17) is 16.3 Å². The van der Waals surface area contributed by atoms with Crippen LogP contribution < -0.4 is 4.74 Å². The molecule has 20 heavy (non-hydrogen) atoms. The Labute approximate surface area is 137 Å². The van der Waals surface area contributed by atoms with Gasteiger partial charge in [-0.05, 0) is 40.6 Å². The number of hydrogen-bond acceptors (Lipinski definition) is 3. The second kappa shape index (κ2) is 5.69. The monoisotopic (exact) mass is 409 g/mol. The van der Waals surface area contributed by atoms with E-state index in [0.29, 0.717) is 29.4 Å². The van der Waals surface area contributed by atoms with E-state index in [9.17, 15) is 9.90 Å². The number of aliphatic hydroxyl groups is 1. The van der Waals surface area contributed by atoms with Crippen molar-refractivity contribution < 1.29 is 14.6 Å². The summed E-state index contributed by atoms with van der Waals surface area (Å²) in [4.78, 5) is 14.1. The van der Waals surface area contributed by atoms with Gasteiger partial charge in [-0.25, -0.2) is 0 Å². The lowest BCUT2D eigenvalue weighted by atomic mass is 9.82. The molecule has 110 valence electrons. The van der Waals surface area contributed by atoms with Gasteiger partial charge >= 0.3 is 0 Å². The van der Waals surface area contributed by atoms with Gasteiger partial charge in [0.25, 0.3) is 5.91 Å². The van der Waals surface area contributed by atoms with Gasteiger partial charge in [-0.1, -0.05) is 25.4 Å². The van der Waals surface area contributed by atoms with Crippen LogP contribution in [0, 0.1) is 9.49 Å². The van der Waals surface area contributed by atoms with Crippen LogP contribution in [0.5, 0.6) is 5.75 Å². The smallest absolute Gasteiger partial charge is 0.257 e. The second-order valence-corrected chi connectivity index (χ2v) is 6.96. The minimum absolute atomic E-state index is 0.119. The number of rotatable bonds is 3. The highest BCUT2D eigenvalue weighted by Gasteiger charge is 2.46. The molecule has 0 radical (unpaired) electrons. The van der Waals surface area contributed by atoms with Crippen molar-refractivity contribution in [3.05, 3.63) is 26.3 Å². The number of likely N-dealkylation sites (tertiary alicyclic amines) is 1. The summed E-state index contributed by atoms with van der Waals surface area (Å²) in [6.45, 7) is 4.58. The molecule has 0 bridgehead atoms. The summed E-state index contributed by atoms with van der Waals surface area (Å²) >= 11 is 8.17. The fraction of sp³-hybridized carbons (Fsp3) is 0.500. The van der Waals surface area contributed by atoms with Gasteiger partial charge in [0, 0.05) is 3.57 Å². The standard InChI is InChI=1S/C14H17ClINO3/c1-8(2)14(19)6-17(7-14)13(18)9-4-10(15)11(16)5-12(9)20-3/h4-5,8,19H,6-7H2,1-3H3. The third kappa shape index (κ3) is 2.76. The molecular weight excluding hydrogens is 393 g/mol. The van der Waals surface area contributed by atoms with E-state index in [1.54, 1.807) is 17.0 Å². The van der Waals surface area contributed by atoms with Gasteiger partial charge in [-0.15, -0.1) is 0 Å². The minimum Gasteiger partial charge on any atom is -0.496 e. The molecule has 1 aromatic carbocycles. The van der Waals surface area contributed by atoms with Crippen molar-refractivity contribution in [3.63, 3.8) is 0 Å². The third-order valence-corrected chi connectivity index (χ3v) is 5.29. The number of carbonyl (C=O) groups is 1. The molecule has 0 saturated carbocycles. The van der Waals surface area contributed by atoms with Gasteiger partial charge in [0.2, 0.25) is 0 Å². The second-order valence-electron chi connectivity index (χ2n) is 5.39. The highest BCUT2D eigenvalue weighted by Crippen LogP contribution is 2.33. The van der Waals surface area contributed by atoms with Crippen LogP contribution >= 0.6 is 34.2 Å². The van der Waals surface area contributed by atoms with Gasteiger partial charge in [0.15, 0.2) is 0 Å². The predicted octanol–water partition coefficient (Wildman–Crippen LogP) is 2.80. The molecule has 1 fully saturated rings. The Morgan fingerprint density at radius 3 is 2.60 bits per heavy atom. The third-order valence-electron chi connectivity index (χ3n) is 3.76. The summed E-state index contributed by atoms with van der Waals surface area (Å²) in [7, 11) is 1.52. The quantitative estimate of drug-likeness (QED) is 0.781. The molecule has 1 N–H and O–H groups in total. The molecule has 1 heterocycles. The van der Waals surface area contributed by atoms with Gasteiger partial charge < -0.3 is 14.7 Å². The zero-order valence-electron chi connectivity index (χ0n) is 11.6. The number of β-amino-alcohol motifs (C(OH)–C–C–N with tert-alkyl or cyclic N) is 1. The van der Waals surface area contributed by atoms with E-state index >= 15 is 0 Å². The van der Waals surface area contributed by atoms with Crippen molar-refractivity contribution >= 4 is 40.1 Å². The Bertz CT molecular complexity index is 541. The van der Waals surface area contributed by atoms with Crippen molar-refractivity contribution in [3.8, 4) is 5.75 Å². The molecule has 1 amide bonds. The first-order chi connectivity index (χ1) is 9.28. The Morgan fingerprint density at radius 2 is 2.10 bits per heavy atom. The Kier molecular flexibility index (Phi) is 4.51. The SMILES string of the molecule is COc1cc(I)c(Cl)cc1C(=O)N1CC(O)(C(C)C)C1. The first kappa shape index (κ1) is 15.9. The number of methoxy groups -OCH3 is 1. The summed E-state index contributed by atoms with van der Waals surface area (Å²) in [5.74, 6) is 0.461. The normalized spacial score (nSPS) is 17.1. The van der Waals surface area contributed by atoms with Crippen molar-refractivity contribution in [1.29, 1.82) is 0 Å². The van der Waals surface area contributed by atoms with E-state index in [0.717, 1.165) is 3.57 Å². The molecule has 1 saturated heterocycles. The molecule has 0 spiro atoms. The maximum absolute atomic E-state index is 12.5. The number of halogens is 2. The molecule has 0 aromatic heterocycles. The summed E-state index contributed by atoms with van der Waals surface area (Å²) in [5, 5.41) is 10.7. The van der Waals surface area contributed by atoms with Crippen molar-refractivity contribution in [2.45, 2.75) is 19.4 Å². The predicted molar refractivity (Wildman–Crippen MR) is 86.4 cm³/mol. The summed E-state index contributed by atoms with van der Waals surface area (Å²) < 4.78 is 6.08. The number of hydrogen-bond donors (Lipinski definition) is 1. The van der Waals surface area contributed by atoms with E-state index in [2.05, 4.69) is 22.6 Å². The topological polar surface area (TPSA) is 49.8 Å². The Morgan fingerprint density at radius 1 is 1.50 bits per heavy atom. The fourth-order valence-electron chi connectivity index (χ4n) is 2.16. The van der Waals surface area contributed by atoms with Crippen LogP contribution in [-0.2, 0) is 0 Å². The lowest BCUT2D eigenvalue weighted by Crippen LogP contribution is -2.65. The largest absolute Gasteiger partial charge is 0.496 e. The van der Waals surface area contributed by atoms with E-state index in [-0.39, 0.29) is 11.8 Å². The molecule has 0 atom stereocenters. The van der Waals surface area contributed by atoms with Crippen molar-refractivity contribution in [2.24, 2.45) is 5.92 Å². The van der Waals surface area contributed by atoms with Crippen LogP contribution in [0.4, 0.5) is 0 Å². The molecule has 0 aliphatic carbocycles. The van der Waals surface area contributed by atoms with E-state index in [1.165, 1.54) is 7.11 Å². The highest BCUT2D eigenvalue weighted by atomic mass is 127. The summed E-state index contributed by atoms with van der Waals surface area (Å²) in [6, 6.07) is 3.36. The molecule has 4 nitrogen and oxygen atoms in total. The molecule has 0 unspecified atom stereocenters. The fourth-order valence-corrected chi connectivity index (χ4v) is 2.76. The molecule has 1 aromatic rings. The van der Waals surface area contributed by atoms with Gasteiger partial charge in [-0.3, -0.25) is 4.79 Å². The van der Waals surface area contributed by atoms with Gasteiger partial charge in [0.05, 0.1) is 30.8 Å². The first-order valence-electron chi connectivity index (χ1n) is 6.33. The van der Waals surface area contributed by atoms with Crippen molar-refractivity contribution in [2.75, 3.05) is 20.2 Å². The average Bonchev–Trinajstić information content (AvgIpc) is 2.36. The molecule has 1 aliphatic rings. The first-order valence-corrected chi connectivity index (χ1v) is 7.79. The number of nitrogens with zero attached hydrogens (tertiary/aromatic N) is 1. The van der Waals surface area contributed by atoms with E-state index < -0.39 is 5.60 Å². The van der Waals surface area contributed by atoms with Crippen molar-refractivity contribution in [1.82, 2.24) is 4.90 Å². The minimum atomic E-state index is -0.782.